The van der Waals surface area contributed by atoms with Gasteiger partial charge in [0.2, 0.25) is 0 Å². The second-order valence-corrected chi connectivity index (χ2v) is 15.0. The van der Waals surface area contributed by atoms with Crippen molar-refractivity contribution in [2.24, 2.45) is 0 Å². The molecule has 1 N–H and O–H groups in total. The van der Waals surface area contributed by atoms with Crippen LogP contribution in [0.4, 0.5) is 0 Å². The molecule has 0 spiro atoms. The van der Waals surface area contributed by atoms with Crippen molar-refractivity contribution in [2.45, 2.75) is 19.3 Å². The predicted molar refractivity (Wildman–Crippen MR) is 154 cm³/mol. The van der Waals surface area contributed by atoms with Crippen molar-refractivity contribution in [3.05, 3.63) is 121 Å². The Labute approximate surface area is 211 Å². The third-order valence-corrected chi connectivity index (χ3v) is 14.0. The molecule has 2 nitrogen and oxygen atoms in total. The topological polar surface area (TPSA) is 37.3 Å². The molecule has 35 heavy (non-hydrogen) atoms. The maximum Gasteiger partial charge on any atom is 0.303 e. The summed E-state index contributed by atoms with van der Waals surface area (Å²) < 4.78 is 0. The molecule has 0 amide bonds. The number of rotatable bonds is 12. The monoisotopic (exact) mass is 499 g/mol. The van der Waals surface area contributed by atoms with Crippen LogP contribution in [0.2, 0.25) is 0 Å². The van der Waals surface area contributed by atoms with E-state index in [0.29, 0.717) is 0 Å². The number of aliphatic carboxylic acids is 1. The standard InChI is InChI=1S/C31H32O2P2/c32-31(33)23-13-14-25-35(29-19-9-3-10-20-29,30-21-11-4-12-22-30)26-24-34(27-15-5-1-6-16-27)28-17-7-2-8-18-28/h1-12,15-22H,13-14,23-26H2/p+1. The van der Waals surface area contributed by atoms with Crippen LogP contribution in [0.5, 0.6) is 0 Å². The Morgan fingerprint density at radius 3 is 1.46 bits per heavy atom. The van der Waals surface area contributed by atoms with Crippen LogP contribution >= 0.6 is 15.2 Å². The third kappa shape index (κ3) is 6.66. The summed E-state index contributed by atoms with van der Waals surface area (Å²) >= 11 is 0. The summed E-state index contributed by atoms with van der Waals surface area (Å²) in [5.41, 5.74) is 0. The lowest BCUT2D eigenvalue weighted by molar-refractivity contribution is -0.137. The predicted octanol–water partition coefficient (Wildman–Crippen LogP) is 6.04. The van der Waals surface area contributed by atoms with Gasteiger partial charge in [0.15, 0.2) is 0 Å². The van der Waals surface area contributed by atoms with Crippen molar-refractivity contribution in [3.63, 3.8) is 0 Å². The highest BCUT2D eigenvalue weighted by atomic mass is 31.2. The molecule has 0 heterocycles. The van der Waals surface area contributed by atoms with E-state index in [9.17, 15) is 9.90 Å². The minimum atomic E-state index is -1.73. The molecular formula is C31H33O2P2+. The molecule has 0 saturated heterocycles. The van der Waals surface area contributed by atoms with Crippen LogP contribution < -0.4 is 21.2 Å². The Morgan fingerprint density at radius 1 is 0.600 bits per heavy atom. The number of benzene rings is 4. The third-order valence-electron chi connectivity index (χ3n) is 6.52. The highest BCUT2D eigenvalue weighted by Crippen LogP contribution is 2.58. The van der Waals surface area contributed by atoms with Crippen LogP contribution in [0.15, 0.2) is 121 Å². The van der Waals surface area contributed by atoms with Gasteiger partial charge in [0.05, 0.1) is 30.2 Å². The lowest BCUT2D eigenvalue weighted by atomic mass is 10.2. The minimum Gasteiger partial charge on any atom is -0.481 e. The molecule has 4 aromatic rings. The molecule has 0 aliphatic carbocycles. The van der Waals surface area contributed by atoms with Gasteiger partial charge in [-0.3, -0.25) is 4.79 Å². The number of hydrogen-bond acceptors (Lipinski definition) is 1. The Hall–Kier alpha value is -2.79. The zero-order chi connectivity index (χ0) is 24.3. The summed E-state index contributed by atoms with van der Waals surface area (Å²) in [6.45, 7) is 0. The molecule has 0 saturated carbocycles. The van der Waals surface area contributed by atoms with Crippen LogP contribution in [-0.4, -0.2) is 29.6 Å². The van der Waals surface area contributed by atoms with Crippen molar-refractivity contribution >= 4 is 42.4 Å². The van der Waals surface area contributed by atoms with E-state index in [-0.39, 0.29) is 6.42 Å². The zero-order valence-electron chi connectivity index (χ0n) is 20.0. The van der Waals surface area contributed by atoms with Gasteiger partial charge in [-0.05, 0) is 55.6 Å². The van der Waals surface area contributed by atoms with Crippen molar-refractivity contribution in [3.8, 4) is 0 Å². The van der Waals surface area contributed by atoms with Gasteiger partial charge in [0.1, 0.15) is 0 Å². The Balaban J connectivity index is 1.72. The van der Waals surface area contributed by atoms with E-state index in [0.717, 1.165) is 31.3 Å². The maximum atomic E-state index is 11.2. The van der Waals surface area contributed by atoms with Gasteiger partial charge in [0.25, 0.3) is 0 Å². The highest BCUT2D eigenvalue weighted by molar-refractivity contribution is 7.90. The second-order valence-electron chi connectivity index (χ2n) is 8.76. The van der Waals surface area contributed by atoms with Crippen LogP contribution in [0.3, 0.4) is 0 Å². The average Bonchev–Trinajstić information content (AvgIpc) is 2.92. The van der Waals surface area contributed by atoms with Gasteiger partial charge in [-0.25, -0.2) is 0 Å². The first-order chi connectivity index (χ1) is 17.2. The maximum absolute atomic E-state index is 11.2. The first-order valence-corrected chi connectivity index (χ1v) is 16.0. The minimum absolute atomic E-state index is 0.240. The quantitative estimate of drug-likeness (QED) is 0.191. The first-order valence-electron chi connectivity index (χ1n) is 12.3. The average molecular weight is 500 g/mol. The number of carboxylic acid groups (broad SMARTS) is 1. The molecule has 178 valence electrons. The van der Waals surface area contributed by atoms with Crippen LogP contribution in [0.25, 0.3) is 0 Å². The molecule has 0 aliphatic heterocycles. The lowest BCUT2D eigenvalue weighted by Crippen LogP contribution is -2.30. The van der Waals surface area contributed by atoms with Gasteiger partial charge < -0.3 is 5.11 Å². The molecule has 4 aromatic carbocycles. The first kappa shape index (κ1) is 25.3. The van der Waals surface area contributed by atoms with E-state index in [1.807, 2.05) is 0 Å². The summed E-state index contributed by atoms with van der Waals surface area (Å²) in [6.07, 6.45) is 5.16. The van der Waals surface area contributed by atoms with Gasteiger partial charge in [-0.1, -0.05) is 97.1 Å². The molecule has 0 bridgehead atoms. The summed E-state index contributed by atoms with van der Waals surface area (Å²) in [4.78, 5) is 11.2. The fourth-order valence-electron chi connectivity index (χ4n) is 4.76. The molecule has 4 rings (SSSR count). The summed E-state index contributed by atoms with van der Waals surface area (Å²) in [5, 5.41) is 14.9. The van der Waals surface area contributed by atoms with Crippen LogP contribution in [0.1, 0.15) is 19.3 Å². The summed E-state index contributed by atoms with van der Waals surface area (Å²) in [5.74, 6) is -0.704. The van der Waals surface area contributed by atoms with Crippen molar-refractivity contribution in [1.29, 1.82) is 0 Å². The largest absolute Gasteiger partial charge is 0.481 e. The molecule has 0 aliphatic rings. The number of carboxylic acids is 1. The van der Waals surface area contributed by atoms with Crippen molar-refractivity contribution in [1.82, 2.24) is 0 Å². The summed E-state index contributed by atoms with van der Waals surface area (Å²) in [6, 6.07) is 43.9. The number of unbranched alkanes of at least 4 members (excludes halogenated alkanes) is 1. The van der Waals surface area contributed by atoms with Crippen molar-refractivity contribution in [2.75, 3.05) is 18.5 Å². The van der Waals surface area contributed by atoms with Gasteiger partial charge in [-0.2, -0.15) is 0 Å². The zero-order valence-corrected chi connectivity index (χ0v) is 21.8. The fourth-order valence-corrected chi connectivity index (χ4v) is 12.6. The van der Waals surface area contributed by atoms with E-state index in [2.05, 4.69) is 121 Å². The number of carbonyl (C=O) groups is 1. The fraction of sp³-hybridized carbons (Fsp3) is 0.194. The molecule has 0 aromatic heterocycles. The van der Waals surface area contributed by atoms with E-state index in [4.69, 9.17) is 0 Å². The van der Waals surface area contributed by atoms with E-state index in [1.165, 1.54) is 21.2 Å². The van der Waals surface area contributed by atoms with Gasteiger partial charge in [0, 0.05) is 12.6 Å². The van der Waals surface area contributed by atoms with Gasteiger partial charge >= 0.3 is 5.97 Å². The molecule has 0 unspecified atom stereocenters. The molecular weight excluding hydrogens is 466 g/mol. The SMILES string of the molecule is O=C(O)CCCC[P+](CCP(c1ccccc1)c1ccccc1)(c1ccccc1)c1ccccc1. The van der Waals surface area contributed by atoms with Gasteiger partial charge in [-0.15, -0.1) is 0 Å². The normalized spacial score (nSPS) is 11.5. The van der Waals surface area contributed by atoms with E-state index in [1.54, 1.807) is 0 Å². The Kier molecular flexibility index (Phi) is 9.24. The van der Waals surface area contributed by atoms with Crippen molar-refractivity contribution < 1.29 is 9.90 Å². The Bertz CT molecular complexity index is 1090. The molecule has 0 atom stereocenters. The molecule has 0 radical (unpaired) electrons. The smallest absolute Gasteiger partial charge is 0.303 e. The van der Waals surface area contributed by atoms with E-state index >= 15 is 0 Å². The summed E-state index contributed by atoms with van der Waals surface area (Å²) in [7, 11) is -2.22. The van der Waals surface area contributed by atoms with E-state index < -0.39 is 21.2 Å². The Morgan fingerprint density at radius 2 is 1.03 bits per heavy atom. The molecule has 0 fully saturated rings. The molecule has 4 heteroatoms. The number of hydrogen-bond donors (Lipinski definition) is 1. The highest BCUT2D eigenvalue weighted by Gasteiger charge is 2.42. The second kappa shape index (κ2) is 12.8. The van der Waals surface area contributed by atoms with Crippen LogP contribution in [-0.2, 0) is 4.79 Å². The van der Waals surface area contributed by atoms with Crippen LogP contribution in [0, 0.1) is 0 Å². The lowest BCUT2D eigenvalue weighted by Gasteiger charge is -2.30.